The molecule has 0 atom stereocenters. The third-order valence-electron chi connectivity index (χ3n) is 0.526. The summed E-state index contributed by atoms with van der Waals surface area (Å²) < 4.78 is 9.13. The lowest BCUT2D eigenvalue weighted by molar-refractivity contribution is -0.0688. The van der Waals surface area contributed by atoms with Gasteiger partial charge in [0.2, 0.25) is 0 Å². The highest BCUT2D eigenvalue weighted by atomic mass is 27.0. The summed E-state index contributed by atoms with van der Waals surface area (Å²) in [4.78, 5) is 0. The SMILES string of the molecule is [AlH3].[CH2]C(OC)OC. The van der Waals surface area contributed by atoms with Gasteiger partial charge in [0, 0.05) is 21.1 Å². The van der Waals surface area contributed by atoms with Crippen molar-refractivity contribution in [1.82, 2.24) is 0 Å². The molecule has 0 aromatic heterocycles. The molecule has 0 fully saturated rings. The fourth-order valence-corrected chi connectivity index (χ4v) is 0.0962. The molecule has 0 saturated heterocycles. The second kappa shape index (κ2) is 6.45. The van der Waals surface area contributed by atoms with Crippen LogP contribution >= 0.6 is 0 Å². The lowest BCUT2D eigenvalue weighted by Crippen LogP contribution is -2.05. The third-order valence-corrected chi connectivity index (χ3v) is 0.526. The zero-order valence-electron chi connectivity index (χ0n) is 4.10. The van der Waals surface area contributed by atoms with Gasteiger partial charge in [-0.05, 0) is 0 Å². The predicted octanol–water partition coefficient (Wildman–Crippen LogP) is -0.745. The van der Waals surface area contributed by atoms with Crippen molar-refractivity contribution in [2.75, 3.05) is 14.2 Å². The summed E-state index contributed by atoms with van der Waals surface area (Å²) in [5, 5.41) is 0. The van der Waals surface area contributed by atoms with Gasteiger partial charge in [-0.3, -0.25) is 0 Å². The van der Waals surface area contributed by atoms with Crippen LogP contribution in [0.4, 0.5) is 0 Å². The Morgan fingerprint density at radius 2 is 1.57 bits per heavy atom. The van der Waals surface area contributed by atoms with Crippen LogP contribution in [0.15, 0.2) is 0 Å². The normalized spacial score (nSPS) is 8.57. The molecule has 1 radical (unpaired) electrons. The molecule has 43 valence electrons. The van der Waals surface area contributed by atoms with E-state index in [0.717, 1.165) is 0 Å². The lowest BCUT2D eigenvalue weighted by atomic mass is 10.8. The molecule has 0 heterocycles. The molecule has 0 aromatic rings. The molecule has 3 heteroatoms. The van der Waals surface area contributed by atoms with Gasteiger partial charge in [0.25, 0.3) is 0 Å². The summed E-state index contributed by atoms with van der Waals surface area (Å²) in [5.41, 5.74) is 0. The minimum Gasteiger partial charge on any atom is -0.356 e. The summed E-state index contributed by atoms with van der Waals surface area (Å²) in [6, 6.07) is 0. The number of hydrogen-bond acceptors (Lipinski definition) is 2. The molecular formula is C4H12AlO2. The molecule has 0 amide bonds. The molecule has 0 aliphatic rings. The van der Waals surface area contributed by atoms with E-state index in [1.807, 2.05) is 0 Å². The first-order valence-corrected chi connectivity index (χ1v) is 1.70. The Kier molecular flexibility index (Phi) is 9.62. The van der Waals surface area contributed by atoms with E-state index in [1.165, 1.54) is 0 Å². The van der Waals surface area contributed by atoms with Crippen molar-refractivity contribution in [2.24, 2.45) is 0 Å². The highest BCUT2D eigenvalue weighted by Crippen LogP contribution is 1.82. The molecule has 0 aliphatic carbocycles. The molecular weight excluding hydrogens is 107 g/mol. The van der Waals surface area contributed by atoms with E-state index in [9.17, 15) is 0 Å². The van der Waals surface area contributed by atoms with Crippen LogP contribution in [0.1, 0.15) is 0 Å². The van der Waals surface area contributed by atoms with Crippen molar-refractivity contribution in [2.45, 2.75) is 6.29 Å². The molecule has 0 rings (SSSR count). The van der Waals surface area contributed by atoms with Gasteiger partial charge in [-0.2, -0.15) is 0 Å². The Morgan fingerprint density at radius 1 is 1.29 bits per heavy atom. The Hall–Kier alpha value is 0.452. The van der Waals surface area contributed by atoms with Crippen LogP contribution in [-0.2, 0) is 9.47 Å². The maximum atomic E-state index is 4.57. The van der Waals surface area contributed by atoms with Gasteiger partial charge >= 0.3 is 0 Å². The van der Waals surface area contributed by atoms with Crippen molar-refractivity contribution in [3.05, 3.63) is 6.92 Å². The van der Waals surface area contributed by atoms with Crippen molar-refractivity contribution in [3.63, 3.8) is 0 Å². The Balaban J connectivity index is 0. The second-order valence-electron chi connectivity index (χ2n) is 0.901. The van der Waals surface area contributed by atoms with E-state index >= 15 is 0 Å². The monoisotopic (exact) mass is 119 g/mol. The third kappa shape index (κ3) is 6.45. The molecule has 0 N–H and O–H groups in total. The van der Waals surface area contributed by atoms with Crippen LogP contribution in [0.2, 0.25) is 0 Å². The fraction of sp³-hybridized carbons (Fsp3) is 0.750. The predicted molar refractivity (Wildman–Crippen MR) is 33.1 cm³/mol. The smallest absolute Gasteiger partial charge is 0.187 e. The molecule has 2 nitrogen and oxygen atoms in total. The Labute approximate surface area is 54.9 Å². The van der Waals surface area contributed by atoms with Crippen LogP contribution < -0.4 is 0 Å². The quantitative estimate of drug-likeness (QED) is 0.352. The summed E-state index contributed by atoms with van der Waals surface area (Å²) in [6.07, 6.45) is -0.315. The van der Waals surface area contributed by atoms with Gasteiger partial charge in [0.05, 0.1) is 0 Å². The van der Waals surface area contributed by atoms with E-state index in [1.54, 1.807) is 14.2 Å². The molecule has 0 spiro atoms. The topological polar surface area (TPSA) is 18.5 Å². The molecule has 0 aromatic carbocycles. The van der Waals surface area contributed by atoms with Gasteiger partial charge in [-0.1, -0.05) is 0 Å². The minimum atomic E-state index is -0.315. The fourth-order valence-electron chi connectivity index (χ4n) is 0.0962. The number of methoxy groups -OCH3 is 2. The standard InChI is InChI=1S/C4H9O2.Al.3H/c1-4(5-2)6-3;;;;/h4H,1H2,2-3H3;;;;. The van der Waals surface area contributed by atoms with E-state index in [2.05, 4.69) is 16.4 Å². The van der Waals surface area contributed by atoms with Crippen LogP contribution in [0, 0.1) is 6.92 Å². The first-order valence-electron chi connectivity index (χ1n) is 1.70. The average Bonchev–Trinajstić information content (AvgIpc) is 1.65. The molecule has 0 aliphatic heterocycles. The summed E-state index contributed by atoms with van der Waals surface area (Å²) in [6.45, 7) is 3.43. The van der Waals surface area contributed by atoms with Crippen LogP contribution in [0.25, 0.3) is 0 Å². The van der Waals surface area contributed by atoms with Gasteiger partial charge in [0.1, 0.15) is 0 Å². The second-order valence-corrected chi connectivity index (χ2v) is 0.901. The number of ether oxygens (including phenoxy) is 2. The molecule has 0 bridgehead atoms. The first-order chi connectivity index (χ1) is 2.81. The van der Waals surface area contributed by atoms with Gasteiger partial charge in [-0.25, -0.2) is 0 Å². The summed E-state index contributed by atoms with van der Waals surface area (Å²) >= 11 is 0. The maximum absolute atomic E-state index is 4.57. The first kappa shape index (κ1) is 10.4. The zero-order chi connectivity index (χ0) is 4.99. The van der Waals surface area contributed by atoms with Gasteiger partial charge < -0.3 is 9.47 Å². The zero-order valence-corrected chi connectivity index (χ0v) is 4.10. The van der Waals surface area contributed by atoms with Crippen LogP contribution in [0.5, 0.6) is 0 Å². The largest absolute Gasteiger partial charge is 0.356 e. The highest BCUT2D eigenvalue weighted by molar-refractivity contribution is 5.75. The molecule has 0 saturated carbocycles. The van der Waals surface area contributed by atoms with E-state index in [4.69, 9.17) is 0 Å². The van der Waals surface area contributed by atoms with Crippen molar-refractivity contribution in [3.8, 4) is 0 Å². The summed E-state index contributed by atoms with van der Waals surface area (Å²) in [5.74, 6) is 0. The lowest BCUT2D eigenvalue weighted by Gasteiger charge is -2.02. The van der Waals surface area contributed by atoms with Gasteiger partial charge in [0.15, 0.2) is 23.7 Å². The maximum Gasteiger partial charge on any atom is 0.187 e. The molecule has 7 heavy (non-hydrogen) atoms. The van der Waals surface area contributed by atoms with Crippen molar-refractivity contribution >= 4 is 17.4 Å². The van der Waals surface area contributed by atoms with Crippen LogP contribution in [0.3, 0.4) is 0 Å². The van der Waals surface area contributed by atoms with E-state index < -0.39 is 0 Å². The number of rotatable bonds is 2. The highest BCUT2D eigenvalue weighted by Gasteiger charge is 1.88. The molecule has 0 unspecified atom stereocenters. The van der Waals surface area contributed by atoms with E-state index in [0.29, 0.717) is 0 Å². The summed E-state index contributed by atoms with van der Waals surface area (Å²) in [7, 11) is 3.09. The average molecular weight is 119 g/mol. The van der Waals surface area contributed by atoms with Crippen molar-refractivity contribution < 1.29 is 9.47 Å². The Morgan fingerprint density at radius 3 is 1.57 bits per heavy atom. The van der Waals surface area contributed by atoms with Crippen molar-refractivity contribution in [1.29, 1.82) is 0 Å². The Bertz CT molecular complexity index is 28.9. The minimum absolute atomic E-state index is 0. The van der Waals surface area contributed by atoms with Gasteiger partial charge in [-0.15, -0.1) is 0 Å². The van der Waals surface area contributed by atoms with E-state index in [-0.39, 0.29) is 23.7 Å². The van der Waals surface area contributed by atoms with Crippen LogP contribution in [-0.4, -0.2) is 37.9 Å². The number of hydrogen-bond donors (Lipinski definition) is 0.